The molecule has 1 amide bonds. The molecule has 0 aliphatic carbocycles. The standard InChI is InChI=1S/C8H15NO5S/c1-3-15(13,14)5-4-7(8(11)12)9-6(2)10/h7H,3-5H2,1-2H3,(H,9,10)(H,11,12). The number of nitrogens with one attached hydrogen (secondary N) is 1. The van der Waals surface area contributed by atoms with Gasteiger partial charge in [0.15, 0.2) is 0 Å². The Kier molecular flexibility index (Phi) is 5.27. The van der Waals surface area contributed by atoms with Crippen molar-refractivity contribution in [2.75, 3.05) is 11.5 Å². The maximum Gasteiger partial charge on any atom is 0.326 e. The predicted molar refractivity (Wildman–Crippen MR) is 54.2 cm³/mol. The number of amides is 1. The maximum atomic E-state index is 11.1. The topological polar surface area (TPSA) is 101 Å². The van der Waals surface area contributed by atoms with E-state index in [1.807, 2.05) is 0 Å². The fraction of sp³-hybridized carbons (Fsp3) is 0.750. The minimum absolute atomic E-state index is 0.0284. The number of sulfone groups is 1. The largest absolute Gasteiger partial charge is 0.480 e. The molecular weight excluding hydrogens is 222 g/mol. The van der Waals surface area contributed by atoms with Gasteiger partial charge < -0.3 is 10.4 Å². The minimum Gasteiger partial charge on any atom is -0.480 e. The van der Waals surface area contributed by atoms with Gasteiger partial charge in [0, 0.05) is 12.7 Å². The normalized spacial score (nSPS) is 13.2. The van der Waals surface area contributed by atoms with Crippen molar-refractivity contribution < 1.29 is 23.1 Å². The van der Waals surface area contributed by atoms with Crippen LogP contribution in [0.4, 0.5) is 0 Å². The molecular formula is C8H15NO5S. The first kappa shape index (κ1) is 13.9. The van der Waals surface area contributed by atoms with Crippen molar-refractivity contribution in [2.45, 2.75) is 26.3 Å². The van der Waals surface area contributed by atoms with E-state index in [1.165, 1.54) is 13.8 Å². The van der Waals surface area contributed by atoms with Crippen molar-refractivity contribution in [2.24, 2.45) is 0 Å². The van der Waals surface area contributed by atoms with E-state index >= 15 is 0 Å². The molecule has 7 heteroatoms. The van der Waals surface area contributed by atoms with Crippen LogP contribution in [0.1, 0.15) is 20.3 Å². The summed E-state index contributed by atoms with van der Waals surface area (Å²) in [7, 11) is -3.20. The van der Waals surface area contributed by atoms with Crippen molar-refractivity contribution in [1.82, 2.24) is 5.32 Å². The Morgan fingerprint density at radius 1 is 1.40 bits per heavy atom. The molecule has 0 aromatic heterocycles. The van der Waals surface area contributed by atoms with Gasteiger partial charge in [0.25, 0.3) is 0 Å². The number of carboxylic acids is 1. The van der Waals surface area contributed by atoms with Crippen molar-refractivity contribution in [1.29, 1.82) is 0 Å². The van der Waals surface area contributed by atoms with Crippen LogP contribution in [-0.2, 0) is 19.4 Å². The summed E-state index contributed by atoms with van der Waals surface area (Å²) < 4.78 is 22.2. The molecule has 15 heavy (non-hydrogen) atoms. The number of hydrogen-bond donors (Lipinski definition) is 2. The Bertz CT molecular complexity index is 335. The van der Waals surface area contributed by atoms with Crippen LogP contribution in [0.3, 0.4) is 0 Å². The highest BCUT2D eigenvalue weighted by atomic mass is 32.2. The molecule has 0 heterocycles. The Morgan fingerprint density at radius 3 is 2.27 bits per heavy atom. The van der Waals surface area contributed by atoms with E-state index in [2.05, 4.69) is 5.32 Å². The van der Waals surface area contributed by atoms with E-state index in [0.29, 0.717) is 0 Å². The zero-order chi connectivity index (χ0) is 12.1. The van der Waals surface area contributed by atoms with Crippen molar-refractivity contribution in [3.63, 3.8) is 0 Å². The van der Waals surface area contributed by atoms with Crippen LogP contribution in [-0.4, -0.2) is 42.9 Å². The highest BCUT2D eigenvalue weighted by Crippen LogP contribution is 1.99. The summed E-state index contributed by atoms with van der Waals surface area (Å²) in [6, 6.07) is -1.14. The van der Waals surface area contributed by atoms with E-state index in [4.69, 9.17) is 5.11 Å². The quantitative estimate of drug-likeness (QED) is 0.642. The predicted octanol–water partition coefficient (Wildman–Crippen LogP) is -0.599. The van der Waals surface area contributed by atoms with Crippen LogP contribution >= 0.6 is 0 Å². The number of carbonyl (C=O) groups excluding carboxylic acids is 1. The van der Waals surface area contributed by atoms with Crippen LogP contribution in [0, 0.1) is 0 Å². The van der Waals surface area contributed by atoms with Gasteiger partial charge in [0.2, 0.25) is 5.91 Å². The van der Waals surface area contributed by atoms with E-state index in [9.17, 15) is 18.0 Å². The van der Waals surface area contributed by atoms with Gasteiger partial charge in [-0.25, -0.2) is 13.2 Å². The van der Waals surface area contributed by atoms with Gasteiger partial charge in [-0.15, -0.1) is 0 Å². The Morgan fingerprint density at radius 2 is 1.93 bits per heavy atom. The molecule has 0 spiro atoms. The van der Waals surface area contributed by atoms with Crippen LogP contribution < -0.4 is 5.32 Å². The van der Waals surface area contributed by atoms with E-state index < -0.39 is 27.8 Å². The number of hydrogen-bond acceptors (Lipinski definition) is 4. The highest BCUT2D eigenvalue weighted by Gasteiger charge is 2.20. The molecule has 0 fully saturated rings. The second kappa shape index (κ2) is 5.69. The summed E-state index contributed by atoms with van der Waals surface area (Å²) >= 11 is 0. The summed E-state index contributed by atoms with van der Waals surface area (Å²) in [5.41, 5.74) is 0. The van der Waals surface area contributed by atoms with Crippen LogP contribution in [0.5, 0.6) is 0 Å². The van der Waals surface area contributed by atoms with Crippen LogP contribution in [0.15, 0.2) is 0 Å². The number of carboxylic acid groups (broad SMARTS) is 1. The summed E-state index contributed by atoms with van der Waals surface area (Å²) in [5.74, 6) is -1.98. The Labute approximate surface area is 88.6 Å². The molecule has 2 N–H and O–H groups in total. The lowest BCUT2D eigenvalue weighted by Gasteiger charge is -2.12. The fourth-order valence-electron chi connectivity index (χ4n) is 0.944. The molecule has 0 aliphatic rings. The lowest BCUT2D eigenvalue weighted by molar-refractivity contribution is -0.141. The molecule has 0 radical (unpaired) electrons. The molecule has 1 atom stereocenters. The number of carbonyl (C=O) groups is 2. The average molecular weight is 237 g/mol. The second-order valence-electron chi connectivity index (χ2n) is 3.12. The average Bonchev–Trinajstić information content (AvgIpc) is 2.11. The first-order chi connectivity index (χ1) is 6.78. The SMILES string of the molecule is CCS(=O)(=O)CCC(NC(C)=O)C(=O)O. The highest BCUT2D eigenvalue weighted by molar-refractivity contribution is 7.91. The molecule has 0 aromatic carbocycles. The monoisotopic (exact) mass is 237 g/mol. The van der Waals surface area contributed by atoms with E-state index in [-0.39, 0.29) is 17.9 Å². The molecule has 0 aromatic rings. The third-order valence-corrected chi connectivity index (χ3v) is 3.57. The third kappa shape index (κ3) is 6.05. The summed E-state index contributed by atoms with van der Waals surface area (Å²) in [5, 5.41) is 10.9. The minimum atomic E-state index is -3.20. The first-order valence-electron chi connectivity index (χ1n) is 4.49. The molecule has 6 nitrogen and oxygen atoms in total. The van der Waals surface area contributed by atoms with Gasteiger partial charge in [-0.2, -0.15) is 0 Å². The Balaban J connectivity index is 4.32. The van der Waals surface area contributed by atoms with Gasteiger partial charge in [-0.1, -0.05) is 6.92 Å². The number of rotatable bonds is 6. The lowest BCUT2D eigenvalue weighted by Crippen LogP contribution is -2.40. The summed E-state index contributed by atoms with van der Waals surface area (Å²) in [6.45, 7) is 2.67. The lowest BCUT2D eigenvalue weighted by atomic mass is 10.2. The van der Waals surface area contributed by atoms with Gasteiger partial charge in [0.05, 0.1) is 5.75 Å². The zero-order valence-corrected chi connectivity index (χ0v) is 9.50. The van der Waals surface area contributed by atoms with Gasteiger partial charge in [0.1, 0.15) is 15.9 Å². The van der Waals surface area contributed by atoms with Gasteiger partial charge >= 0.3 is 5.97 Å². The Hall–Kier alpha value is -1.11. The molecule has 0 saturated heterocycles. The zero-order valence-electron chi connectivity index (χ0n) is 8.69. The second-order valence-corrected chi connectivity index (χ2v) is 5.59. The van der Waals surface area contributed by atoms with E-state index in [0.717, 1.165) is 0 Å². The molecule has 0 aliphatic heterocycles. The number of aliphatic carboxylic acids is 1. The third-order valence-electron chi connectivity index (χ3n) is 1.83. The first-order valence-corrected chi connectivity index (χ1v) is 6.31. The molecule has 0 bridgehead atoms. The fourth-order valence-corrected chi connectivity index (χ4v) is 1.83. The molecule has 1 unspecified atom stereocenters. The summed E-state index contributed by atoms with van der Waals surface area (Å²) in [6.07, 6.45) is -0.106. The molecule has 88 valence electrons. The van der Waals surface area contributed by atoms with Gasteiger partial charge in [-0.3, -0.25) is 4.79 Å². The van der Waals surface area contributed by atoms with Crippen LogP contribution in [0.2, 0.25) is 0 Å². The van der Waals surface area contributed by atoms with Crippen molar-refractivity contribution in [3.8, 4) is 0 Å². The maximum absolute atomic E-state index is 11.1. The summed E-state index contributed by atoms with van der Waals surface area (Å²) in [4.78, 5) is 21.3. The van der Waals surface area contributed by atoms with E-state index in [1.54, 1.807) is 0 Å². The molecule has 0 rings (SSSR count). The van der Waals surface area contributed by atoms with Gasteiger partial charge in [-0.05, 0) is 6.42 Å². The smallest absolute Gasteiger partial charge is 0.326 e. The van der Waals surface area contributed by atoms with Crippen molar-refractivity contribution >= 4 is 21.7 Å². The van der Waals surface area contributed by atoms with Crippen molar-refractivity contribution in [3.05, 3.63) is 0 Å². The molecule has 0 saturated carbocycles. The van der Waals surface area contributed by atoms with Crippen LogP contribution in [0.25, 0.3) is 0 Å².